The molecule has 2 aliphatic rings. The largest absolute Gasteiger partial charge is 0.480 e. The molecule has 2 atom stereocenters. The molecule has 0 fully saturated rings. The van der Waals surface area contributed by atoms with Gasteiger partial charge in [-0.15, -0.1) is 0 Å². The molecule has 3 rings (SSSR count). The second kappa shape index (κ2) is 29.3. The predicted octanol–water partition coefficient (Wildman–Crippen LogP) is -1.08. The normalized spacial score (nSPS) is 15.4. The van der Waals surface area contributed by atoms with E-state index in [2.05, 4.69) is 22.2 Å². The van der Waals surface area contributed by atoms with Crippen LogP contribution in [-0.2, 0) is 19.2 Å². The molecule has 0 spiro atoms. The molecule has 8 N–H and O–H groups in total. The Labute approximate surface area is 379 Å². The molecule has 62 heavy (non-hydrogen) atoms. The third-order valence-electron chi connectivity index (χ3n) is 8.48. The molecule has 334 valence electrons. The molecule has 1 heterocycles. The molecule has 16 nitrogen and oxygen atoms in total. The molecule has 1 aromatic rings. The van der Waals surface area contributed by atoms with Gasteiger partial charge >= 0.3 is 170 Å². The number of carbonyl (C=O) groups excluding carboxylic acids is 2. The number of amides is 2. The first-order valence-corrected chi connectivity index (χ1v) is 24.2. The number of aliphatic hydroxyl groups is 4. The number of nitrogens with zero attached hydrogens (tertiary/aromatic N) is 4. The van der Waals surface area contributed by atoms with Gasteiger partial charge in [-0.1, -0.05) is 58.5 Å². The molecular formula is C43H53IN6O10S2. The van der Waals surface area contributed by atoms with Gasteiger partial charge in [0.15, 0.2) is 0 Å². The summed E-state index contributed by atoms with van der Waals surface area (Å²) >= 11 is -0.651. The molecule has 0 bridgehead atoms. The molecule has 19 heteroatoms. The van der Waals surface area contributed by atoms with E-state index in [-0.39, 0.29) is 49.0 Å². The van der Waals surface area contributed by atoms with Crippen molar-refractivity contribution in [2.75, 3.05) is 73.6 Å². The van der Waals surface area contributed by atoms with Crippen LogP contribution in [-0.4, -0.2) is 154 Å². The maximum atomic E-state index is 13.0. The van der Waals surface area contributed by atoms with Crippen LogP contribution in [0.3, 0.4) is 0 Å². The van der Waals surface area contributed by atoms with Crippen molar-refractivity contribution in [3.05, 3.63) is 133 Å². The number of allylic oxidation sites excluding steroid dienone is 14. The SMILES string of the molecule is C=C/C=C\C(/C=C\c1ccc(N(CCO)CCO)cc1)=NCC(=O)NC(CSSCC(NC(=O)CN1C=CC=CC1=CC=C1C=CC(=[N+](CCO)[I-]CO)C=C1)C(=O)O)C(=O)O. The van der Waals surface area contributed by atoms with E-state index in [1.165, 1.54) is 0 Å². The number of hydrogen-bond acceptors (Lipinski definition) is 13. The van der Waals surface area contributed by atoms with Gasteiger partial charge in [-0.25, -0.2) is 9.59 Å². The van der Waals surface area contributed by atoms with E-state index in [4.69, 9.17) is 0 Å². The molecule has 0 saturated heterocycles. The summed E-state index contributed by atoms with van der Waals surface area (Å²) in [5.74, 6) is -3.89. The topological polar surface area (TPSA) is 236 Å². The summed E-state index contributed by atoms with van der Waals surface area (Å²) in [7, 11) is 2.09. The number of aliphatic carboxylic acids is 2. The summed E-state index contributed by atoms with van der Waals surface area (Å²) in [6.45, 7) is 4.20. The molecule has 0 saturated carbocycles. The Morgan fingerprint density at radius 2 is 1.48 bits per heavy atom. The van der Waals surface area contributed by atoms with Crippen molar-refractivity contribution in [1.82, 2.24) is 15.5 Å². The fraction of sp³-hybridized carbons (Fsp3) is 0.302. The van der Waals surface area contributed by atoms with Gasteiger partial charge < -0.3 is 30.6 Å². The zero-order valence-corrected chi connectivity index (χ0v) is 37.7. The molecule has 0 aromatic heterocycles. The fourth-order valence-electron chi connectivity index (χ4n) is 5.42. The number of halogens is 1. The van der Waals surface area contributed by atoms with Crippen LogP contribution in [0.4, 0.5) is 5.69 Å². The molecule has 1 aromatic carbocycles. The van der Waals surface area contributed by atoms with Gasteiger partial charge in [-0.3, -0.25) is 9.79 Å². The number of anilines is 1. The van der Waals surface area contributed by atoms with Crippen LogP contribution in [0.25, 0.3) is 6.08 Å². The minimum Gasteiger partial charge on any atom is -0.480 e. The van der Waals surface area contributed by atoms with Crippen LogP contribution >= 0.6 is 21.6 Å². The summed E-state index contributed by atoms with van der Waals surface area (Å²) in [5, 5.41) is 61.9. The molecule has 2 unspecified atom stereocenters. The van der Waals surface area contributed by atoms with Crippen LogP contribution < -0.4 is 37.0 Å². The van der Waals surface area contributed by atoms with Crippen LogP contribution in [0.2, 0.25) is 0 Å². The van der Waals surface area contributed by atoms with Gasteiger partial charge in [-0.2, -0.15) is 0 Å². The van der Waals surface area contributed by atoms with Gasteiger partial charge in [0.2, 0.25) is 5.91 Å². The Morgan fingerprint density at radius 1 is 0.839 bits per heavy atom. The average molecular weight is 1000 g/mol. The number of carboxylic acid groups (broad SMARTS) is 2. The van der Waals surface area contributed by atoms with E-state index in [0.29, 0.717) is 31.0 Å². The molecule has 1 aliphatic carbocycles. The Bertz CT molecular complexity index is 1980. The van der Waals surface area contributed by atoms with Crippen LogP contribution in [0.5, 0.6) is 0 Å². The van der Waals surface area contributed by atoms with Crippen LogP contribution in [0.1, 0.15) is 5.56 Å². The maximum absolute atomic E-state index is 13.0. The van der Waals surface area contributed by atoms with E-state index in [1.807, 2.05) is 80.6 Å². The fourth-order valence-corrected chi connectivity index (χ4v) is 9.37. The number of rotatable bonds is 27. The Hall–Kier alpha value is -5.03. The molecular weight excluding hydrogens is 952 g/mol. The summed E-state index contributed by atoms with van der Waals surface area (Å²) in [6, 6.07) is 4.86. The number of alkyl halides is 1. The second-order valence-corrected chi connectivity index (χ2v) is 18.0. The zero-order chi connectivity index (χ0) is 45.1. The number of aliphatic hydroxyl groups excluding tert-OH is 4. The molecule has 2 amide bonds. The van der Waals surface area contributed by atoms with Crippen molar-refractivity contribution < 1.29 is 74.1 Å². The first kappa shape index (κ1) is 51.3. The van der Waals surface area contributed by atoms with Crippen molar-refractivity contribution in [3.63, 3.8) is 0 Å². The van der Waals surface area contributed by atoms with Crippen molar-refractivity contribution >= 4 is 68.5 Å². The Morgan fingerprint density at radius 3 is 2.06 bits per heavy atom. The quantitative estimate of drug-likeness (QED) is 0.00997. The zero-order valence-electron chi connectivity index (χ0n) is 33.9. The summed E-state index contributed by atoms with van der Waals surface area (Å²) in [4.78, 5) is 57.7. The van der Waals surface area contributed by atoms with E-state index >= 15 is 0 Å². The van der Waals surface area contributed by atoms with Gasteiger partial charge in [0, 0.05) is 30.3 Å². The number of nitrogens with one attached hydrogen (secondary N) is 2. The van der Waals surface area contributed by atoms with Crippen molar-refractivity contribution in [3.8, 4) is 0 Å². The predicted molar refractivity (Wildman–Crippen MR) is 241 cm³/mol. The number of carboxylic acids is 2. The minimum absolute atomic E-state index is 0.0166. The van der Waals surface area contributed by atoms with E-state index in [0.717, 1.165) is 44.1 Å². The van der Waals surface area contributed by atoms with Gasteiger partial charge in [0.05, 0.1) is 18.9 Å². The van der Waals surface area contributed by atoms with Gasteiger partial charge in [0.1, 0.15) is 18.6 Å². The number of hydrogen-bond donors (Lipinski definition) is 8. The smallest absolute Gasteiger partial charge is 0.327 e. The van der Waals surface area contributed by atoms with Crippen molar-refractivity contribution in [1.29, 1.82) is 0 Å². The average Bonchev–Trinajstić information content (AvgIpc) is 3.26. The van der Waals surface area contributed by atoms with Crippen LogP contribution in [0.15, 0.2) is 132 Å². The van der Waals surface area contributed by atoms with E-state index in [1.54, 1.807) is 47.6 Å². The first-order valence-electron chi connectivity index (χ1n) is 19.2. The summed E-state index contributed by atoms with van der Waals surface area (Å²) in [6.07, 6.45) is 26.7. The second-order valence-electron chi connectivity index (χ2n) is 12.9. The minimum atomic E-state index is -1.29. The van der Waals surface area contributed by atoms with Gasteiger partial charge in [-0.05, 0) is 29.8 Å². The van der Waals surface area contributed by atoms with Crippen LogP contribution in [0, 0.1) is 0 Å². The monoisotopic (exact) mass is 1000 g/mol. The standard InChI is InChI=1S/C43H53IN6O10S2/c1-2-3-6-34(14-8-32-10-16-36(17-11-32)48(21-24-51)22-25-52)45-27-40(55)46-38(42(57)58)29-61-62-30-39(43(59)60)47-41(56)28-49-20-5-4-7-35(49)15-9-33-12-18-37(19-13-33)50(23-26-53)44-31-54/h2-20,38-39,51-54H,1,21-31H2,(H,46,55)(H,47,56)(H,57,58)(H,59,60)/b6-3-,14-8-,33-9?,35-15?,45-34?,50-37?. The molecule has 1 aliphatic heterocycles. The Balaban J connectivity index is 1.52. The van der Waals surface area contributed by atoms with Gasteiger partial charge in [0.25, 0.3) is 0 Å². The molecule has 0 radical (unpaired) electrons. The van der Waals surface area contributed by atoms with E-state index < -0.39 is 57.3 Å². The van der Waals surface area contributed by atoms with Crippen molar-refractivity contribution in [2.45, 2.75) is 12.1 Å². The third-order valence-corrected chi connectivity index (χ3v) is 13.1. The third kappa shape index (κ3) is 18.9. The van der Waals surface area contributed by atoms with E-state index in [9.17, 15) is 49.8 Å². The Kier molecular flexibility index (Phi) is 24.3. The number of benzene rings is 1. The number of aliphatic imine (C=N–C) groups is 1. The first-order chi connectivity index (χ1) is 30.0. The maximum Gasteiger partial charge on any atom is 0.327 e. The van der Waals surface area contributed by atoms with Crippen molar-refractivity contribution in [2.24, 2.45) is 4.99 Å². The summed E-state index contributed by atoms with van der Waals surface area (Å²) < 4.78 is 2.04. The number of carbonyl (C=O) groups is 4. The summed E-state index contributed by atoms with van der Waals surface area (Å²) in [5.41, 5.74) is 4.56.